The van der Waals surface area contributed by atoms with E-state index in [1.54, 1.807) is 25.3 Å². The maximum atomic E-state index is 10.8. The molecule has 8 heteroatoms. The smallest absolute Gasteiger partial charge is 0.346 e. The zero-order valence-electron chi connectivity index (χ0n) is 14.1. The molecular weight excluding hydrogens is 336 g/mol. The van der Waals surface area contributed by atoms with Gasteiger partial charge in [-0.1, -0.05) is 35.4 Å². The fourth-order valence-corrected chi connectivity index (χ4v) is 2.31. The number of carbonyl (C=O) groups is 1. The number of aromatic nitrogens is 4. The second-order valence-electron chi connectivity index (χ2n) is 5.22. The van der Waals surface area contributed by atoms with Gasteiger partial charge < -0.3 is 19.4 Å². The van der Waals surface area contributed by atoms with Gasteiger partial charge in [-0.25, -0.2) is 0 Å². The molecule has 0 bridgehead atoms. The van der Waals surface area contributed by atoms with Crippen molar-refractivity contribution >= 4 is 12.0 Å². The summed E-state index contributed by atoms with van der Waals surface area (Å²) >= 11 is 0. The molecule has 2 aromatic carbocycles. The molecule has 0 radical (unpaired) electrons. The maximum Gasteiger partial charge on any atom is 0.346 e. The maximum absolute atomic E-state index is 10.8. The summed E-state index contributed by atoms with van der Waals surface area (Å²) in [5.41, 5.74) is 1.57. The third-order valence-corrected chi connectivity index (χ3v) is 3.54. The number of aromatic carboxylic acids is 1. The molecule has 0 atom stereocenters. The van der Waals surface area contributed by atoms with Crippen molar-refractivity contribution in [3.05, 3.63) is 59.7 Å². The summed E-state index contributed by atoms with van der Waals surface area (Å²) in [5.74, 6) is -0.277. The molecule has 0 unspecified atom stereocenters. The summed E-state index contributed by atoms with van der Waals surface area (Å²) < 4.78 is 12.5. The fourth-order valence-electron chi connectivity index (χ4n) is 2.31. The largest absolute Gasteiger partial charge is 0.545 e. The molecule has 0 aliphatic heterocycles. The van der Waals surface area contributed by atoms with Crippen molar-refractivity contribution in [2.24, 2.45) is 0 Å². The van der Waals surface area contributed by atoms with Crippen LogP contribution in [0.1, 0.15) is 22.8 Å². The van der Waals surface area contributed by atoms with Crippen molar-refractivity contribution in [1.82, 2.24) is 20.2 Å². The van der Waals surface area contributed by atoms with E-state index in [2.05, 4.69) is 15.5 Å². The SMILES string of the molecule is C/C=C/c1ccc(Oc2nnnn2-c2ccc(C(=O)[O-])cc2)c(OC)c1. The van der Waals surface area contributed by atoms with Crippen LogP contribution in [0.4, 0.5) is 0 Å². The van der Waals surface area contributed by atoms with Gasteiger partial charge >= 0.3 is 6.01 Å². The number of carbonyl (C=O) groups excluding carboxylic acids is 1. The van der Waals surface area contributed by atoms with Crippen LogP contribution in [0, 0.1) is 0 Å². The van der Waals surface area contributed by atoms with Gasteiger partial charge in [0.05, 0.1) is 18.8 Å². The van der Waals surface area contributed by atoms with Crippen LogP contribution in [0.2, 0.25) is 0 Å². The molecule has 3 aromatic rings. The molecule has 26 heavy (non-hydrogen) atoms. The zero-order chi connectivity index (χ0) is 18.5. The Bertz CT molecular complexity index is 948. The van der Waals surface area contributed by atoms with Crippen LogP contribution in [0.5, 0.6) is 17.5 Å². The summed E-state index contributed by atoms with van der Waals surface area (Å²) in [5, 5.41) is 22.2. The molecule has 1 aromatic heterocycles. The van der Waals surface area contributed by atoms with E-state index in [9.17, 15) is 9.90 Å². The van der Waals surface area contributed by atoms with E-state index >= 15 is 0 Å². The Morgan fingerprint density at radius 2 is 1.92 bits per heavy atom. The van der Waals surface area contributed by atoms with Crippen LogP contribution < -0.4 is 14.6 Å². The summed E-state index contributed by atoms with van der Waals surface area (Å²) in [6, 6.07) is 11.5. The molecule has 0 saturated carbocycles. The van der Waals surface area contributed by atoms with E-state index in [0.29, 0.717) is 17.2 Å². The van der Waals surface area contributed by atoms with Gasteiger partial charge in [-0.15, -0.1) is 0 Å². The molecular formula is C18H15N4O4-. The summed E-state index contributed by atoms with van der Waals surface area (Å²) in [7, 11) is 1.54. The van der Waals surface area contributed by atoms with Crippen LogP contribution in [-0.4, -0.2) is 33.3 Å². The Labute approximate surface area is 149 Å². The second-order valence-corrected chi connectivity index (χ2v) is 5.22. The van der Waals surface area contributed by atoms with Crippen LogP contribution >= 0.6 is 0 Å². The van der Waals surface area contributed by atoms with Crippen LogP contribution in [0.25, 0.3) is 11.8 Å². The average molecular weight is 351 g/mol. The zero-order valence-corrected chi connectivity index (χ0v) is 14.1. The van der Waals surface area contributed by atoms with Crippen molar-refractivity contribution in [3.63, 3.8) is 0 Å². The number of hydrogen-bond acceptors (Lipinski definition) is 7. The lowest BCUT2D eigenvalue weighted by Gasteiger charge is -2.11. The number of nitrogens with zero attached hydrogens (tertiary/aromatic N) is 4. The minimum absolute atomic E-state index is 0.0607. The predicted octanol–water partition coefficient (Wildman–Crippen LogP) is 1.86. The van der Waals surface area contributed by atoms with Gasteiger partial charge in [0.25, 0.3) is 0 Å². The molecule has 0 fully saturated rings. The first-order valence-electron chi connectivity index (χ1n) is 7.71. The molecule has 3 rings (SSSR count). The van der Waals surface area contributed by atoms with Crippen molar-refractivity contribution < 1.29 is 19.4 Å². The number of methoxy groups -OCH3 is 1. The number of ether oxygens (including phenoxy) is 2. The predicted molar refractivity (Wildman–Crippen MR) is 91.3 cm³/mol. The molecule has 0 spiro atoms. The number of carboxylic acid groups (broad SMARTS) is 1. The molecule has 0 aliphatic rings. The highest BCUT2D eigenvalue weighted by Gasteiger charge is 2.14. The Morgan fingerprint density at radius 1 is 1.15 bits per heavy atom. The molecule has 8 nitrogen and oxygen atoms in total. The average Bonchev–Trinajstić information content (AvgIpc) is 3.11. The van der Waals surface area contributed by atoms with Crippen molar-refractivity contribution in [2.75, 3.05) is 7.11 Å². The Hall–Kier alpha value is -3.68. The number of benzene rings is 2. The Balaban J connectivity index is 1.91. The van der Waals surface area contributed by atoms with E-state index in [1.165, 1.54) is 16.8 Å². The quantitative estimate of drug-likeness (QED) is 0.668. The minimum Gasteiger partial charge on any atom is -0.545 e. The first kappa shape index (κ1) is 17.2. The van der Waals surface area contributed by atoms with E-state index in [4.69, 9.17) is 9.47 Å². The topological polar surface area (TPSA) is 102 Å². The molecule has 0 aliphatic carbocycles. The molecule has 1 heterocycles. The van der Waals surface area contributed by atoms with Gasteiger partial charge in [-0.2, -0.15) is 4.68 Å². The summed E-state index contributed by atoms with van der Waals surface area (Å²) in [4.78, 5) is 10.8. The van der Waals surface area contributed by atoms with Gasteiger partial charge in [0, 0.05) is 0 Å². The highest BCUT2D eigenvalue weighted by Crippen LogP contribution is 2.32. The number of allylic oxidation sites excluding steroid dienone is 1. The van der Waals surface area contributed by atoms with Crippen LogP contribution in [0.3, 0.4) is 0 Å². The number of rotatable bonds is 6. The van der Waals surface area contributed by atoms with E-state index in [-0.39, 0.29) is 11.6 Å². The van der Waals surface area contributed by atoms with Crippen molar-refractivity contribution in [3.8, 4) is 23.2 Å². The number of hydrogen-bond donors (Lipinski definition) is 0. The molecule has 0 N–H and O–H groups in total. The van der Waals surface area contributed by atoms with Crippen molar-refractivity contribution in [2.45, 2.75) is 6.92 Å². The first-order valence-corrected chi connectivity index (χ1v) is 7.71. The summed E-state index contributed by atoms with van der Waals surface area (Å²) in [6.45, 7) is 1.93. The third-order valence-electron chi connectivity index (χ3n) is 3.54. The first-order chi connectivity index (χ1) is 12.6. The van der Waals surface area contributed by atoms with Crippen LogP contribution in [0.15, 0.2) is 48.5 Å². The van der Waals surface area contributed by atoms with Gasteiger partial charge in [0.1, 0.15) is 0 Å². The monoisotopic (exact) mass is 351 g/mol. The number of carboxylic acids is 1. The lowest BCUT2D eigenvalue weighted by molar-refractivity contribution is -0.255. The molecule has 0 saturated heterocycles. The number of tetrazole rings is 1. The van der Waals surface area contributed by atoms with Crippen LogP contribution in [-0.2, 0) is 0 Å². The lowest BCUT2D eigenvalue weighted by atomic mass is 10.2. The normalized spacial score (nSPS) is 10.8. The van der Waals surface area contributed by atoms with E-state index in [1.807, 2.05) is 31.2 Å². The van der Waals surface area contributed by atoms with Crippen molar-refractivity contribution in [1.29, 1.82) is 0 Å². The minimum atomic E-state index is -1.25. The lowest BCUT2D eigenvalue weighted by Crippen LogP contribution is -2.22. The van der Waals surface area contributed by atoms with Gasteiger partial charge in [0.2, 0.25) is 0 Å². The van der Waals surface area contributed by atoms with E-state index in [0.717, 1.165) is 5.56 Å². The highest BCUT2D eigenvalue weighted by molar-refractivity contribution is 5.85. The summed E-state index contributed by atoms with van der Waals surface area (Å²) in [6.07, 6.45) is 3.86. The third kappa shape index (κ3) is 3.54. The standard InChI is InChI=1S/C18H16N4O4/c1-3-4-12-5-10-15(16(11-12)25-2)26-18-19-20-21-22(18)14-8-6-13(7-9-14)17(23)24/h3-11H,1-2H3,(H,23,24)/p-1/b4-3+. The van der Waals surface area contributed by atoms with Gasteiger partial charge in [-0.05, 0) is 52.7 Å². The molecule has 0 amide bonds. The highest BCUT2D eigenvalue weighted by atomic mass is 16.5. The van der Waals surface area contributed by atoms with E-state index < -0.39 is 5.97 Å². The van der Waals surface area contributed by atoms with Gasteiger partial charge in [0.15, 0.2) is 11.5 Å². The Morgan fingerprint density at radius 3 is 2.58 bits per heavy atom. The Kier molecular flexibility index (Phi) is 4.93. The fraction of sp³-hybridized carbons (Fsp3) is 0.111. The second kappa shape index (κ2) is 7.47. The molecule has 132 valence electrons. The van der Waals surface area contributed by atoms with Gasteiger partial charge in [-0.3, -0.25) is 0 Å².